The van der Waals surface area contributed by atoms with E-state index < -0.39 is 0 Å². The number of ether oxygens (including phenoxy) is 2. The highest BCUT2D eigenvalue weighted by molar-refractivity contribution is 6.09. The Kier molecular flexibility index (Phi) is 3.52. The molecule has 0 aliphatic carbocycles. The van der Waals surface area contributed by atoms with Crippen LogP contribution in [0.3, 0.4) is 0 Å². The lowest BCUT2D eigenvalue weighted by Crippen LogP contribution is -2.04. The zero-order valence-corrected chi connectivity index (χ0v) is 11.9. The second-order valence-electron chi connectivity index (χ2n) is 5.11. The molecule has 1 aliphatic rings. The number of hydrogen-bond acceptors (Lipinski definition) is 4. The summed E-state index contributed by atoms with van der Waals surface area (Å²) >= 11 is 0. The topological polar surface area (TPSA) is 61.5 Å². The van der Waals surface area contributed by atoms with Gasteiger partial charge in [0.15, 0.2) is 17.3 Å². The van der Waals surface area contributed by atoms with Crippen LogP contribution in [0, 0.1) is 6.92 Å². The van der Waals surface area contributed by atoms with Crippen LogP contribution in [0.25, 0.3) is 0 Å². The molecule has 0 spiro atoms. The number of fused-ring (bicyclic) bond motifs is 1. The predicted octanol–water partition coefficient (Wildman–Crippen LogP) is 2.97. The van der Waals surface area contributed by atoms with Gasteiger partial charge in [0, 0.05) is 23.2 Å². The van der Waals surface area contributed by atoms with Gasteiger partial charge in [-0.1, -0.05) is 12.1 Å². The molecular weight excluding hydrogens is 266 g/mol. The van der Waals surface area contributed by atoms with Crippen molar-refractivity contribution < 1.29 is 14.3 Å². The highest BCUT2D eigenvalue weighted by Crippen LogP contribution is 2.31. The van der Waals surface area contributed by atoms with Crippen molar-refractivity contribution >= 4 is 11.5 Å². The average molecular weight is 283 g/mol. The molecule has 3 rings (SSSR count). The summed E-state index contributed by atoms with van der Waals surface area (Å²) in [5, 5.41) is 0. The summed E-state index contributed by atoms with van der Waals surface area (Å²) in [5.41, 5.74) is 8.60. The third-order valence-corrected chi connectivity index (χ3v) is 3.55. The number of carbonyl (C=O) groups excluding carboxylic acids is 1. The van der Waals surface area contributed by atoms with E-state index in [1.165, 1.54) is 0 Å². The Morgan fingerprint density at radius 1 is 1.00 bits per heavy atom. The zero-order valence-electron chi connectivity index (χ0n) is 11.9. The van der Waals surface area contributed by atoms with Gasteiger partial charge in [-0.3, -0.25) is 4.79 Å². The Labute approximate surface area is 123 Å². The number of hydrogen-bond donors (Lipinski definition) is 1. The van der Waals surface area contributed by atoms with Crippen LogP contribution < -0.4 is 15.2 Å². The van der Waals surface area contributed by atoms with Crippen LogP contribution in [0.2, 0.25) is 0 Å². The van der Waals surface area contributed by atoms with Gasteiger partial charge in [-0.2, -0.15) is 0 Å². The number of carbonyl (C=O) groups is 1. The first kappa shape index (κ1) is 13.5. The predicted molar refractivity (Wildman–Crippen MR) is 81.1 cm³/mol. The minimum absolute atomic E-state index is 0.0719. The number of nitrogens with two attached hydrogens (primary N) is 1. The third-order valence-electron chi connectivity index (χ3n) is 3.55. The summed E-state index contributed by atoms with van der Waals surface area (Å²) in [6.45, 7) is 3.15. The van der Waals surface area contributed by atoms with Crippen molar-refractivity contribution in [3.05, 3.63) is 53.1 Å². The van der Waals surface area contributed by atoms with E-state index in [0.717, 1.165) is 12.0 Å². The number of benzene rings is 2. The van der Waals surface area contributed by atoms with Crippen LogP contribution in [0.15, 0.2) is 36.4 Å². The monoisotopic (exact) mass is 283 g/mol. The van der Waals surface area contributed by atoms with E-state index in [9.17, 15) is 4.79 Å². The lowest BCUT2D eigenvalue weighted by atomic mass is 10.0. The van der Waals surface area contributed by atoms with Crippen molar-refractivity contribution in [2.24, 2.45) is 0 Å². The summed E-state index contributed by atoms with van der Waals surface area (Å²) in [4.78, 5) is 12.5. The van der Waals surface area contributed by atoms with E-state index in [4.69, 9.17) is 15.2 Å². The lowest BCUT2D eigenvalue weighted by Gasteiger charge is -2.09. The molecule has 1 heterocycles. The summed E-state index contributed by atoms with van der Waals surface area (Å²) in [6.07, 6.45) is 0.840. The van der Waals surface area contributed by atoms with Gasteiger partial charge >= 0.3 is 0 Å². The Bertz CT molecular complexity index is 694. The fourth-order valence-corrected chi connectivity index (χ4v) is 2.25. The van der Waals surface area contributed by atoms with Gasteiger partial charge in [-0.05, 0) is 36.8 Å². The molecule has 0 saturated heterocycles. The summed E-state index contributed by atoms with van der Waals surface area (Å²) in [6, 6.07) is 10.6. The third kappa shape index (κ3) is 2.70. The van der Waals surface area contributed by atoms with Crippen molar-refractivity contribution in [1.29, 1.82) is 0 Å². The minimum atomic E-state index is -0.0719. The fourth-order valence-electron chi connectivity index (χ4n) is 2.25. The number of anilines is 1. The minimum Gasteiger partial charge on any atom is -0.490 e. The Morgan fingerprint density at radius 3 is 2.43 bits per heavy atom. The van der Waals surface area contributed by atoms with Crippen LogP contribution in [0.5, 0.6) is 11.5 Å². The molecule has 0 amide bonds. The number of aryl methyl sites for hydroxylation is 1. The first-order valence-electron chi connectivity index (χ1n) is 6.95. The van der Waals surface area contributed by atoms with Crippen LogP contribution in [-0.2, 0) is 0 Å². The molecule has 2 N–H and O–H groups in total. The Morgan fingerprint density at radius 2 is 1.67 bits per heavy atom. The second-order valence-corrected chi connectivity index (χ2v) is 5.11. The van der Waals surface area contributed by atoms with Crippen molar-refractivity contribution in [3.63, 3.8) is 0 Å². The first-order valence-corrected chi connectivity index (χ1v) is 6.95. The van der Waals surface area contributed by atoms with E-state index in [1.807, 2.05) is 13.0 Å². The average Bonchev–Trinajstić information content (AvgIpc) is 2.73. The molecule has 0 atom stereocenters. The van der Waals surface area contributed by atoms with Gasteiger partial charge in [-0.25, -0.2) is 0 Å². The normalized spacial score (nSPS) is 13.6. The molecule has 4 nitrogen and oxygen atoms in total. The number of nitrogen functional groups attached to an aromatic ring is 1. The Balaban J connectivity index is 1.94. The van der Waals surface area contributed by atoms with Gasteiger partial charge in [0.25, 0.3) is 0 Å². The molecule has 21 heavy (non-hydrogen) atoms. The van der Waals surface area contributed by atoms with E-state index in [2.05, 4.69) is 0 Å². The highest BCUT2D eigenvalue weighted by Gasteiger charge is 2.15. The number of ketones is 1. The van der Waals surface area contributed by atoms with Crippen molar-refractivity contribution in [2.45, 2.75) is 13.3 Å². The largest absolute Gasteiger partial charge is 0.490 e. The number of rotatable bonds is 2. The van der Waals surface area contributed by atoms with E-state index >= 15 is 0 Å². The molecule has 2 aromatic rings. The van der Waals surface area contributed by atoms with Crippen molar-refractivity contribution in [3.8, 4) is 11.5 Å². The lowest BCUT2D eigenvalue weighted by molar-refractivity contribution is 0.103. The summed E-state index contributed by atoms with van der Waals surface area (Å²) < 4.78 is 11.2. The quantitative estimate of drug-likeness (QED) is 0.680. The fraction of sp³-hybridized carbons (Fsp3) is 0.235. The molecule has 108 valence electrons. The highest BCUT2D eigenvalue weighted by atomic mass is 16.5. The molecule has 0 bridgehead atoms. The maximum absolute atomic E-state index is 12.5. The molecule has 0 unspecified atom stereocenters. The maximum atomic E-state index is 12.5. The molecular formula is C17H17NO3. The van der Waals surface area contributed by atoms with Crippen molar-refractivity contribution in [1.82, 2.24) is 0 Å². The van der Waals surface area contributed by atoms with Gasteiger partial charge < -0.3 is 15.2 Å². The smallest absolute Gasteiger partial charge is 0.193 e. The molecule has 0 saturated carbocycles. The van der Waals surface area contributed by atoms with Gasteiger partial charge in [0.2, 0.25) is 0 Å². The van der Waals surface area contributed by atoms with Crippen molar-refractivity contribution in [2.75, 3.05) is 18.9 Å². The molecule has 0 fully saturated rings. The van der Waals surface area contributed by atoms with Crippen LogP contribution in [0.1, 0.15) is 27.9 Å². The van der Waals surface area contributed by atoms with Gasteiger partial charge in [-0.15, -0.1) is 0 Å². The van der Waals surface area contributed by atoms with Crippen LogP contribution >= 0.6 is 0 Å². The van der Waals surface area contributed by atoms with E-state index in [-0.39, 0.29) is 5.78 Å². The van der Waals surface area contributed by atoms with Gasteiger partial charge in [0.05, 0.1) is 13.2 Å². The first-order chi connectivity index (χ1) is 10.1. The molecule has 2 aromatic carbocycles. The van der Waals surface area contributed by atoms with E-state index in [0.29, 0.717) is 41.5 Å². The molecule has 0 radical (unpaired) electrons. The van der Waals surface area contributed by atoms with E-state index in [1.54, 1.807) is 30.3 Å². The standard InChI is InChI=1S/C17H17NO3/c1-11-3-4-12(9-14(11)18)17(19)13-5-6-15-16(10-13)21-8-2-7-20-15/h3-6,9-10H,2,7-8,18H2,1H3. The molecule has 0 aromatic heterocycles. The van der Waals surface area contributed by atoms with Crippen LogP contribution in [-0.4, -0.2) is 19.0 Å². The summed E-state index contributed by atoms with van der Waals surface area (Å²) in [7, 11) is 0. The zero-order chi connectivity index (χ0) is 14.8. The SMILES string of the molecule is Cc1ccc(C(=O)c2ccc3c(c2)OCCCO3)cc1N. The Hall–Kier alpha value is -2.49. The maximum Gasteiger partial charge on any atom is 0.193 e. The van der Waals surface area contributed by atoms with Gasteiger partial charge in [0.1, 0.15) is 0 Å². The van der Waals surface area contributed by atoms with Crippen LogP contribution in [0.4, 0.5) is 5.69 Å². The summed E-state index contributed by atoms with van der Waals surface area (Å²) in [5.74, 6) is 1.24. The molecule has 1 aliphatic heterocycles. The molecule has 4 heteroatoms. The second kappa shape index (κ2) is 5.48.